The van der Waals surface area contributed by atoms with E-state index in [0.717, 1.165) is 55.0 Å². The topological polar surface area (TPSA) is 60.9 Å². The third kappa shape index (κ3) is 2.82. The van der Waals surface area contributed by atoms with Crippen molar-refractivity contribution in [3.8, 4) is 11.4 Å². The van der Waals surface area contributed by atoms with Crippen LogP contribution in [0.3, 0.4) is 0 Å². The maximum Gasteiger partial charge on any atom is 0.225 e. The summed E-state index contributed by atoms with van der Waals surface area (Å²) in [4.78, 5) is 21.5. The molecule has 0 unspecified atom stereocenters. The number of imidazole rings is 1. The molecular weight excluding hydrogens is 300 g/mol. The zero-order valence-corrected chi connectivity index (χ0v) is 13.7. The summed E-state index contributed by atoms with van der Waals surface area (Å²) in [7, 11) is 0. The van der Waals surface area contributed by atoms with Gasteiger partial charge in [-0.15, -0.1) is 0 Å². The second-order valence-electron chi connectivity index (χ2n) is 5.92. The van der Waals surface area contributed by atoms with Crippen molar-refractivity contribution in [2.45, 2.75) is 6.92 Å². The molecule has 0 saturated carbocycles. The van der Waals surface area contributed by atoms with Crippen LogP contribution in [-0.2, 0) is 0 Å². The first-order valence-electron chi connectivity index (χ1n) is 8.20. The molecule has 3 heterocycles. The van der Waals surface area contributed by atoms with Crippen molar-refractivity contribution in [1.29, 1.82) is 0 Å². The third-order valence-electron chi connectivity index (χ3n) is 4.32. The number of nitrogens with one attached hydrogen (secondary N) is 1. The number of aryl methyl sites for hydroxylation is 1. The standard InChI is InChI=1S/C18H20N6/c1-14-17(22-16(21-14)15-6-3-2-4-7-15)23-10-12-24(13-11-23)18-19-8-5-9-20-18/h2-9H,10-13H2,1H3,(H,21,22). The van der Waals surface area contributed by atoms with Gasteiger partial charge in [0.1, 0.15) is 11.6 Å². The number of H-pyrrole nitrogens is 1. The number of nitrogens with zero attached hydrogens (tertiary/aromatic N) is 5. The summed E-state index contributed by atoms with van der Waals surface area (Å²) in [6.07, 6.45) is 3.58. The van der Waals surface area contributed by atoms with Gasteiger partial charge in [-0.05, 0) is 13.0 Å². The Kier molecular flexibility index (Phi) is 3.86. The highest BCUT2D eigenvalue weighted by atomic mass is 15.3. The molecule has 0 atom stereocenters. The van der Waals surface area contributed by atoms with Gasteiger partial charge in [0, 0.05) is 44.1 Å². The van der Waals surface area contributed by atoms with Crippen molar-refractivity contribution in [2.75, 3.05) is 36.0 Å². The van der Waals surface area contributed by atoms with E-state index in [4.69, 9.17) is 4.98 Å². The molecule has 1 fully saturated rings. The first-order valence-corrected chi connectivity index (χ1v) is 8.20. The van der Waals surface area contributed by atoms with Gasteiger partial charge in [0.15, 0.2) is 0 Å². The average molecular weight is 320 g/mol. The predicted octanol–water partition coefficient (Wildman–Crippen LogP) is 2.50. The normalized spacial score (nSPS) is 14.9. The lowest BCUT2D eigenvalue weighted by atomic mass is 10.2. The van der Waals surface area contributed by atoms with E-state index in [1.807, 2.05) is 24.3 Å². The molecule has 6 nitrogen and oxygen atoms in total. The Labute approximate surface area is 141 Å². The van der Waals surface area contributed by atoms with Crippen LogP contribution in [0.4, 0.5) is 11.8 Å². The molecular formula is C18H20N6. The maximum absolute atomic E-state index is 4.82. The minimum absolute atomic E-state index is 0.806. The monoisotopic (exact) mass is 320 g/mol. The number of hydrogen-bond donors (Lipinski definition) is 1. The van der Waals surface area contributed by atoms with Crippen LogP contribution < -0.4 is 9.80 Å². The SMILES string of the molecule is Cc1[nH]c(-c2ccccc2)nc1N1CCN(c2ncccn2)CC1. The van der Waals surface area contributed by atoms with E-state index in [-0.39, 0.29) is 0 Å². The van der Waals surface area contributed by atoms with Crippen LogP contribution in [0.25, 0.3) is 11.4 Å². The van der Waals surface area contributed by atoms with Gasteiger partial charge >= 0.3 is 0 Å². The van der Waals surface area contributed by atoms with Crippen LogP contribution in [0.5, 0.6) is 0 Å². The van der Waals surface area contributed by atoms with E-state index in [0.29, 0.717) is 0 Å². The predicted molar refractivity (Wildman–Crippen MR) is 95.2 cm³/mol. The number of aromatic nitrogens is 4. The zero-order valence-electron chi connectivity index (χ0n) is 13.7. The minimum atomic E-state index is 0.806. The van der Waals surface area contributed by atoms with Crippen LogP contribution in [0.2, 0.25) is 0 Å². The number of aromatic amines is 1. The maximum atomic E-state index is 4.82. The van der Waals surface area contributed by atoms with Gasteiger partial charge < -0.3 is 14.8 Å². The molecule has 1 aliphatic rings. The van der Waals surface area contributed by atoms with E-state index in [1.165, 1.54) is 0 Å². The van der Waals surface area contributed by atoms with Crippen molar-refractivity contribution >= 4 is 11.8 Å². The van der Waals surface area contributed by atoms with E-state index < -0.39 is 0 Å². The van der Waals surface area contributed by atoms with Gasteiger partial charge in [0.25, 0.3) is 0 Å². The minimum Gasteiger partial charge on any atom is -0.352 e. The quantitative estimate of drug-likeness (QED) is 0.803. The lowest BCUT2D eigenvalue weighted by Crippen LogP contribution is -2.47. The lowest BCUT2D eigenvalue weighted by Gasteiger charge is -2.35. The van der Waals surface area contributed by atoms with E-state index in [9.17, 15) is 0 Å². The highest BCUT2D eigenvalue weighted by Gasteiger charge is 2.22. The number of benzene rings is 1. The highest BCUT2D eigenvalue weighted by Crippen LogP contribution is 2.24. The lowest BCUT2D eigenvalue weighted by molar-refractivity contribution is 0.634. The molecule has 122 valence electrons. The average Bonchev–Trinajstić information content (AvgIpc) is 3.05. The summed E-state index contributed by atoms with van der Waals surface area (Å²) >= 11 is 0. The summed E-state index contributed by atoms with van der Waals surface area (Å²) in [5.41, 5.74) is 2.22. The Balaban J connectivity index is 1.49. The summed E-state index contributed by atoms with van der Waals surface area (Å²) in [5, 5.41) is 0. The Morgan fingerprint density at radius 3 is 2.25 bits per heavy atom. The van der Waals surface area contributed by atoms with E-state index in [1.54, 1.807) is 12.4 Å². The fourth-order valence-corrected chi connectivity index (χ4v) is 3.06. The zero-order chi connectivity index (χ0) is 16.4. The fourth-order valence-electron chi connectivity index (χ4n) is 3.06. The summed E-state index contributed by atoms with van der Waals surface area (Å²) < 4.78 is 0. The molecule has 2 aromatic heterocycles. The van der Waals surface area contributed by atoms with Crippen LogP contribution in [0.1, 0.15) is 5.69 Å². The number of anilines is 2. The number of piperazine rings is 1. The van der Waals surface area contributed by atoms with Gasteiger partial charge in [-0.3, -0.25) is 0 Å². The molecule has 0 amide bonds. The fraction of sp³-hybridized carbons (Fsp3) is 0.278. The van der Waals surface area contributed by atoms with Crippen molar-refractivity contribution in [2.24, 2.45) is 0 Å². The van der Waals surface area contributed by atoms with Gasteiger partial charge in [-0.25, -0.2) is 15.0 Å². The smallest absolute Gasteiger partial charge is 0.225 e. The second-order valence-corrected chi connectivity index (χ2v) is 5.92. The molecule has 0 bridgehead atoms. The largest absolute Gasteiger partial charge is 0.352 e. The molecule has 3 aromatic rings. The van der Waals surface area contributed by atoms with Crippen LogP contribution in [0.15, 0.2) is 48.8 Å². The number of hydrogen-bond acceptors (Lipinski definition) is 5. The van der Waals surface area contributed by atoms with Crippen molar-refractivity contribution in [1.82, 2.24) is 19.9 Å². The molecule has 1 N–H and O–H groups in total. The number of rotatable bonds is 3. The Morgan fingerprint density at radius 2 is 1.54 bits per heavy atom. The molecule has 1 saturated heterocycles. The first kappa shape index (κ1) is 14.7. The van der Waals surface area contributed by atoms with E-state index >= 15 is 0 Å². The van der Waals surface area contributed by atoms with Crippen LogP contribution in [0, 0.1) is 6.92 Å². The van der Waals surface area contributed by atoms with Crippen molar-refractivity contribution in [3.63, 3.8) is 0 Å². The van der Waals surface area contributed by atoms with Gasteiger partial charge in [0.05, 0.1) is 5.69 Å². The summed E-state index contributed by atoms with van der Waals surface area (Å²) in [6, 6.07) is 12.1. The Bertz CT molecular complexity index is 791. The van der Waals surface area contributed by atoms with Crippen LogP contribution in [-0.4, -0.2) is 46.1 Å². The Hall–Kier alpha value is -2.89. The van der Waals surface area contributed by atoms with Crippen molar-refractivity contribution in [3.05, 3.63) is 54.5 Å². The molecule has 0 spiro atoms. The van der Waals surface area contributed by atoms with Gasteiger partial charge in [-0.2, -0.15) is 0 Å². The van der Waals surface area contributed by atoms with E-state index in [2.05, 4.69) is 43.8 Å². The van der Waals surface area contributed by atoms with Crippen LogP contribution >= 0.6 is 0 Å². The molecule has 1 aromatic carbocycles. The molecule has 0 radical (unpaired) electrons. The molecule has 0 aliphatic carbocycles. The first-order chi connectivity index (χ1) is 11.8. The molecule has 6 heteroatoms. The summed E-state index contributed by atoms with van der Waals surface area (Å²) in [5.74, 6) is 2.78. The summed E-state index contributed by atoms with van der Waals surface area (Å²) in [6.45, 7) is 5.71. The molecule has 1 aliphatic heterocycles. The second kappa shape index (κ2) is 6.31. The highest BCUT2D eigenvalue weighted by molar-refractivity contribution is 5.60. The molecule has 4 rings (SSSR count). The van der Waals surface area contributed by atoms with Crippen molar-refractivity contribution < 1.29 is 0 Å². The van der Waals surface area contributed by atoms with Gasteiger partial charge in [0.2, 0.25) is 5.95 Å². The Morgan fingerprint density at radius 1 is 0.875 bits per heavy atom. The third-order valence-corrected chi connectivity index (χ3v) is 4.32. The molecule has 24 heavy (non-hydrogen) atoms. The van der Waals surface area contributed by atoms with Gasteiger partial charge in [-0.1, -0.05) is 30.3 Å².